The average molecular weight is 423 g/mol. The van der Waals surface area contributed by atoms with Crippen molar-refractivity contribution in [3.8, 4) is 11.3 Å². The summed E-state index contributed by atoms with van der Waals surface area (Å²) < 4.78 is 27.0. The molecular formula is C18H19ClN4O2S2. The molecule has 0 aliphatic heterocycles. The van der Waals surface area contributed by atoms with Crippen molar-refractivity contribution in [2.24, 2.45) is 0 Å². The van der Waals surface area contributed by atoms with E-state index < -0.39 is 10.0 Å². The minimum atomic E-state index is -3.65. The van der Waals surface area contributed by atoms with Gasteiger partial charge >= 0.3 is 0 Å². The number of hydrogen-bond donors (Lipinski definition) is 1. The van der Waals surface area contributed by atoms with E-state index in [2.05, 4.69) is 15.3 Å². The van der Waals surface area contributed by atoms with Gasteiger partial charge in [0, 0.05) is 42.1 Å². The molecule has 0 radical (unpaired) electrons. The smallest absolute Gasteiger partial charge is 0.244 e. The lowest BCUT2D eigenvalue weighted by Crippen LogP contribution is -2.30. The number of pyridine rings is 1. The van der Waals surface area contributed by atoms with E-state index >= 15 is 0 Å². The van der Waals surface area contributed by atoms with Gasteiger partial charge in [-0.15, -0.1) is 11.3 Å². The fourth-order valence-electron chi connectivity index (χ4n) is 2.58. The number of nitrogens with one attached hydrogen (secondary N) is 1. The second-order valence-corrected chi connectivity index (χ2v) is 8.81. The second kappa shape index (κ2) is 8.35. The number of halogens is 1. The maximum Gasteiger partial charge on any atom is 0.244 e. The van der Waals surface area contributed by atoms with Crippen LogP contribution in [0.1, 0.15) is 13.8 Å². The van der Waals surface area contributed by atoms with E-state index in [4.69, 9.17) is 11.6 Å². The van der Waals surface area contributed by atoms with Crippen molar-refractivity contribution in [2.75, 3.05) is 18.4 Å². The quantitative estimate of drug-likeness (QED) is 0.600. The highest BCUT2D eigenvalue weighted by Gasteiger charge is 2.24. The van der Waals surface area contributed by atoms with Crippen LogP contribution < -0.4 is 5.32 Å². The Kier molecular flexibility index (Phi) is 6.11. The molecule has 0 aliphatic carbocycles. The fourth-order valence-corrected chi connectivity index (χ4v) is 5.28. The Bertz CT molecular complexity index is 1020. The number of thiazole rings is 1. The molecule has 1 aromatic carbocycles. The van der Waals surface area contributed by atoms with Gasteiger partial charge in [-0.05, 0) is 30.3 Å². The van der Waals surface area contributed by atoms with Gasteiger partial charge in [-0.1, -0.05) is 25.4 Å². The van der Waals surface area contributed by atoms with Crippen LogP contribution in [0.4, 0.5) is 10.8 Å². The summed E-state index contributed by atoms with van der Waals surface area (Å²) in [7, 11) is -3.65. The second-order valence-electron chi connectivity index (χ2n) is 5.64. The van der Waals surface area contributed by atoms with Crippen molar-refractivity contribution >= 4 is 43.8 Å². The molecule has 0 fully saturated rings. The number of nitrogens with zero attached hydrogens (tertiary/aromatic N) is 3. The maximum atomic E-state index is 12.8. The van der Waals surface area contributed by atoms with Crippen LogP contribution in [0, 0.1) is 0 Å². The van der Waals surface area contributed by atoms with Crippen LogP contribution in [0.25, 0.3) is 11.3 Å². The Hall–Kier alpha value is -2.00. The minimum Gasteiger partial charge on any atom is -0.331 e. The number of aromatic nitrogens is 2. The average Bonchev–Trinajstić information content (AvgIpc) is 3.13. The van der Waals surface area contributed by atoms with E-state index in [0.29, 0.717) is 23.9 Å². The highest BCUT2D eigenvalue weighted by atomic mass is 35.5. The van der Waals surface area contributed by atoms with Crippen LogP contribution in [0.15, 0.2) is 53.0 Å². The fraction of sp³-hybridized carbons (Fsp3) is 0.222. The molecule has 0 saturated heterocycles. The lowest BCUT2D eigenvalue weighted by Gasteiger charge is -2.19. The maximum absolute atomic E-state index is 12.8. The predicted molar refractivity (Wildman–Crippen MR) is 110 cm³/mol. The minimum absolute atomic E-state index is 0.0851. The molecular weight excluding hydrogens is 404 g/mol. The van der Waals surface area contributed by atoms with Crippen molar-refractivity contribution in [3.05, 3.63) is 53.1 Å². The summed E-state index contributed by atoms with van der Waals surface area (Å²) in [5.74, 6) is 0. The largest absolute Gasteiger partial charge is 0.331 e. The molecule has 3 aromatic rings. The Morgan fingerprint density at radius 2 is 2.00 bits per heavy atom. The van der Waals surface area contributed by atoms with Gasteiger partial charge in [-0.3, -0.25) is 4.98 Å². The van der Waals surface area contributed by atoms with Gasteiger partial charge in [-0.25, -0.2) is 13.4 Å². The summed E-state index contributed by atoms with van der Waals surface area (Å²) in [5, 5.41) is 5.93. The van der Waals surface area contributed by atoms with E-state index in [0.717, 1.165) is 11.3 Å². The van der Waals surface area contributed by atoms with E-state index in [-0.39, 0.29) is 9.92 Å². The Balaban J connectivity index is 1.88. The highest BCUT2D eigenvalue weighted by molar-refractivity contribution is 7.89. The SMILES string of the molecule is CCN(CC)S(=O)(=O)c1cc(Nc2nc(-c3cccnc3)cs2)ccc1Cl. The molecule has 0 amide bonds. The molecule has 142 valence electrons. The van der Waals surface area contributed by atoms with Crippen LogP contribution in [0.5, 0.6) is 0 Å². The Morgan fingerprint density at radius 1 is 1.22 bits per heavy atom. The van der Waals surface area contributed by atoms with Gasteiger partial charge in [0.25, 0.3) is 0 Å². The number of rotatable bonds is 7. The van der Waals surface area contributed by atoms with Gasteiger partial charge in [0.1, 0.15) is 4.90 Å². The number of hydrogen-bond acceptors (Lipinski definition) is 6. The third-order valence-corrected chi connectivity index (χ3v) is 7.26. The number of benzene rings is 1. The summed E-state index contributed by atoms with van der Waals surface area (Å²) in [6.07, 6.45) is 3.45. The Labute approximate surface area is 167 Å². The van der Waals surface area contributed by atoms with Crippen LogP contribution in [-0.4, -0.2) is 35.8 Å². The number of anilines is 2. The molecule has 1 N–H and O–H groups in total. The molecule has 3 rings (SSSR count). The third kappa shape index (κ3) is 4.30. The van der Waals surface area contributed by atoms with Crippen molar-refractivity contribution in [3.63, 3.8) is 0 Å². The first-order chi connectivity index (χ1) is 13.0. The van der Waals surface area contributed by atoms with Gasteiger partial charge in [0.05, 0.1) is 10.7 Å². The van der Waals surface area contributed by atoms with Crippen molar-refractivity contribution in [1.82, 2.24) is 14.3 Å². The van der Waals surface area contributed by atoms with E-state index in [9.17, 15) is 8.42 Å². The highest BCUT2D eigenvalue weighted by Crippen LogP contribution is 2.31. The molecule has 2 heterocycles. The molecule has 0 bridgehead atoms. The lowest BCUT2D eigenvalue weighted by atomic mass is 10.2. The van der Waals surface area contributed by atoms with Crippen LogP contribution in [0.3, 0.4) is 0 Å². The Morgan fingerprint density at radius 3 is 2.67 bits per heavy atom. The standard InChI is InChI=1S/C18H19ClN4O2S2/c1-3-23(4-2)27(24,25)17-10-14(7-8-15(17)19)21-18-22-16(12-26-18)13-6-5-9-20-11-13/h5-12H,3-4H2,1-2H3,(H,21,22). The van der Waals surface area contributed by atoms with Crippen LogP contribution >= 0.6 is 22.9 Å². The molecule has 0 spiro atoms. The summed E-state index contributed by atoms with van der Waals surface area (Å²) in [6, 6.07) is 8.64. The van der Waals surface area contributed by atoms with Crippen molar-refractivity contribution in [1.29, 1.82) is 0 Å². The van der Waals surface area contributed by atoms with Gasteiger partial charge in [0.15, 0.2) is 5.13 Å². The summed E-state index contributed by atoms with van der Waals surface area (Å²) in [5.41, 5.74) is 2.33. The normalized spacial score (nSPS) is 11.7. The zero-order chi connectivity index (χ0) is 19.4. The molecule has 0 unspecified atom stereocenters. The lowest BCUT2D eigenvalue weighted by molar-refractivity contribution is 0.445. The first-order valence-corrected chi connectivity index (χ1v) is 11.1. The van der Waals surface area contributed by atoms with Crippen LogP contribution in [-0.2, 0) is 10.0 Å². The molecule has 0 atom stereocenters. The monoisotopic (exact) mass is 422 g/mol. The molecule has 6 nitrogen and oxygen atoms in total. The van der Waals surface area contributed by atoms with Crippen LogP contribution in [0.2, 0.25) is 5.02 Å². The predicted octanol–water partition coefficient (Wildman–Crippen LogP) is 4.63. The zero-order valence-electron chi connectivity index (χ0n) is 14.9. The zero-order valence-corrected chi connectivity index (χ0v) is 17.3. The van der Waals surface area contributed by atoms with Gasteiger partial charge in [-0.2, -0.15) is 4.31 Å². The van der Waals surface area contributed by atoms with E-state index in [1.54, 1.807) is 44.4 Å². The third-order valence-electron chi connectivity index (χ3n) is 3.97. The first-order valence-electron chi connectivity index (χ1n) is 8.38. The van der Waals surface area contributed by atoms with Crippen molar-refractivity contribution in [2.45, 2.75) is 18.7 Å². The summed E-state index contributed by atoms with van der Waals surface area (Å²) in [4.78, 5) is 8.71. The molecule has 2 aromatic heterocycles. The van der Waals surface area contributed by atoms with E-state index in [1.807, 2.05) is 17.5 Å². The van der Waals surface area contributed by atoms with Gasteiger partial charge in [0.2, 0.25) is 10.0 Å². The topological polar surface area (TPSA) is 75.2 Å². The number of sulfonamides is 1. The summed E-state index contributed by atoms with van der Waals surface area (Å²) >= 11 is 7.60. The first kappa shape index (κ1) is 19.8. The molecule has 0 saturated carbocycles. The summed E-state index contributed by atoms with van der Waals surface area (Å²) in [6.45, 7) is 4.36. The molecule has 27 heavy (non-hydrogen) atoms. The van der Waals surface area contributed by atoms with E-state index in [1.165, 1.54) is 15.6 Å². The molecule has 9 heteroatoms. The molecule has 0 aliphatic rings. The van der Waals surface area contributed by atoms with Crippen molar-refractivity contribution < 1.29 is 8.42 Å². The van der Waals surface area contributed by atoms with Gasteiger partial charge < -0.3 is 5.32 Å².